The van der Waals surface area contributed by atoms with Crippen molar-refractivity contribution in [2.75, 3.05) is 11.9 Å². The smallest absolute Gasteiger partial charge is 0.308 e. The van der Waals surface area contributed by atoms with Gasteiger partial charge in [-0.3, -0.25) is 9.78 Å². The molecule has 0 radical (unpaired) electrons. The minimum absolute atomic E-state index is 0.176. The van der Waals surface area contributed by atoms with Gasteiger partial charge in [0.1, 0.15) is 5.69 Å². The molecule has 2 N–H and O–H groups in total. The van der Waals surface area contributed by atoms with Crippen LogP contribution in [0.1, 0.15) is 25.0 Å². The second-order valence-electron chi connectivity index (χ2n) is 7.41. The first-order chi connectivity index (χ1) is 13.4. The molecular weight excluding hydrogens is 376 g/mol. The van der Waals surface area contributed by atoms with E-state index in [4.69, 9.17) is 16.3 Å². The molecule has 0 aliphatic heterocycles. The predicted molar refractivity (Wildman–Crippen MR) is 111 cm³/mol. The van der Waals surface area contributed by atoms with E-state index in [1.54, 1.807) is 18.6 Å². The Balaban J connectivity index is 1.67. The number of ether oxygens (including phenoxy) is 1. The van der Waals surface area contributed by atoms with E-state index in [0.29, 0.717) is 23.9 Å². The summed E-state index contributed by atoms with van der Waals surface area (Å²) in [5.74, 6) is 0.239. The summed E-state index contributed by atoms with van der Waals surface area (Å²) in [7, 11) is 0. The van der Waals surface area contributed by atoms with Crippen LogP contribution in [0, 0.1) is 5.41 Å². The average molecular weight is 399 g/mol. The van der Waals surface area contributed by atoms with Crippen molar-refractivity contribution in [3.63, 3.8) is 0 Å². The van der Waals surface area contributed by atoms with Gasteiger partial charge in [-0.25, -0.2) is 5.10 Å². The van der Waals surface area contributed by atoms with Gasteiger partial charge in [0.2, 0.25) is 5.75 Å². The molecule has 3 aromatic rings. The van der Waals surface area contributed by atoms with Crippen molar-refractivity contribution in [2.45, 2.75) is 26.8 Å². The Morgan fingerprint density at radius 3 is 2.64 bits per heavy atom. The number of aromatic nitrogens is 3. The first-order valence-electron chi connectivity index (χ1n) is 9.01. The molecule has 0 spiro atoms. The van der Waals surface area contributed by atoms with E-state index >= 15 is 0 Å². The first-order valence-corrected chi connectivity index (χ1v) is 9.38. The molecule has 3 rings (SSSR count). The van der Waals surface area contributed by atoms with Crippen molar-refractivity contribution in [1.29, 1.82) is 0 Å². The van der Waals surface area contributed by atoms with Gasteiger partial charge in [0, 0.05) is 29.4 Å². The van der Waals surface area contributed by atoms with Gasteiger partial charge in [0.25, 0.3) is 0 Å². The van der Waals surface area contributed by atoms with Gasteiger partial charge in [-0.15, -0.1) is 0 Å². The quantitative estimate of drug-likeness (QED) is 0.597. The summed E-state index contributed by atoms with van der Waals surface area (Å²) in [4.78, 5) is 16.3. The fourth-order valence-electron chi connectivity index (χ4n) is 2.83. The van der Waals surface area contributed by atoms with Crippen molar-refractivity contribution in [1.82, 2.24) is 15.2 Å². The number of pyridine rings is 1. The lowest BCUT2D eigenvalue weighted by Crippen LogP contribution is -2.27. The summed E-state index contributed by atoms with van der Waals surface area (Å²) < 4.78 is 5.93. The molecule has 0 saturated carbocycles. The molecule has 0 bridgehead atoms. The van der Waals surface area contributed by atoms with Crippen LogP contribution in [-0.2, 0) is 13.0 Å². The highest BCUT2D eigenvalue weighted by molar-refractivity contribution is 6.30. The highest BCUT2D eigenvalue weighted by atomic mass is 35.5. The maximum Gasteiger partial charge on any atom is 0.308 e. The summed E-state index contributed by atoms with van der Waals surface area (Å²) >= 11 is 5.95. The second kappa shape index (κ2) is 8.89. The molecule has 0 aliphatic carbocycles. The highest BCUT2D eigenvalue weighted by Crippen LogP contribution is 2.26. The fourth-order valence-corrected chi connectivity index (χ4v) is 2.96. The molecular formula is C21H23ClN4O2. The lowest BCUT2D eigenvalue weighted by molar-refractivity contribution is 0.178. The monoisotopic (exact) mass is 398 g/mol. The van der Waals surface area contributed by atoms with Gasteiger partial charge < -0.3 is 10.1 Å². The van der Waals surface area contributed by atoms with Crippen LogP contribution >= 0.6 is 11.6 Å². The Kier molecular flexibility index (Phi) is 6.31. The summed E-state index contributed by atoms with van der Waals surface area (Å²) in [5.41, 5.74) is 2.17. The molecule has 0 unspecified atom stereocenters. The Labute approximate surface area is 168 Å². The summed E-state index contributed by atoms with van der Waals surface area (Å²) in [6, 6.07) is 11.6. The van der Waals surface area contributed by atoms with Crippen LogP contribution in [0.4, 0.5) is 5.69 Å². The van der Waals surface area contributed by atoms with E-state index in [9.17, 15) is 4.79 Å². The molecule has 2 aromatic heterocycles. The van der Waals surface area contributed by atoms with Crippen LogP contribution in [0.2, 0.25) is 5.02 Å². The molecule has 6 nitrogen and oxygen atoms in total. The minimum atomic E-state index is -0.363. The Morgan fingerprint density at radius 2 is 1.93 bits per heavy atom. The van der Waals surface area contributed by atoms with E-state index in [-0.39, 0.29) is 16.7 Å². The number of benzene rings is 1. The third-order valence-corrected chi connectivity index (χ3v) is 4.47. The maximum absolute atomic E-state index is 12.3. The van der Waals surface area contributed by atoms with Crippen LogP contribution in [0.3, 0.4) is 0 Å². The largest absolute Gasteiger partial charge is 0.486 e. The van der Waals surface area contributed by atoms with Crippen molar-refractivity contribution in [3.05, 3.63) is 81.5 Å². The maximum atomic E-state index is 12.3. The first kappa shape index (κ1) is 19.9. The number of H-pyrrole nitrogens is 1. The summed E-state index contributed by atoms with van der Waals surface area (Å²) in [6.07, 6.45) is 5.84. The van der Waals surface area contributed by atoms with E-state index in [2.05, 4.69) is 34.3 Å². The molecule has 7 heteroatoms. The normalized spacial score (nSPS) is 11.2. The third-order valence-electron chi connectivity index (χ3n) is 4.22. The van der Waals surface area contributed by atoms with Crippen LogP contribution < -0.4 is 15.6 Å². The highest BCUT2D eigenvalue weighted by Gasteiger charge is 2.21. The van der Waals surface area contributed by atoms with E-state index < -0.39 is 0 Å². The number of anilines is 1. The van der Waals surface area contributed by atoms with Crippen LogP contribution in [-0.4, -0.2) is 21.8 Å². The number of nitrogens with one attached hydrogen (secondary N) is 2. The Morgan fingerprint density at radius 1 is 1.14 bits per heavy atom. The van der Waals surface area contributed by atoms with Gasteiger partial charge in [-0.2, -0.15) is 5.10 Å². The molecule has 28 heavy (non-hydrogen) atoms. The topological polar surface area (TPSA) is 79.9 Å². The lowest BCUT2D eigenvalue weighted by Gasteiger charge is -2.25. The third kappa shape index (κ3) is 5.57. The molecule has 1 aromatic carbocycles. The molecule has 0 saturated heterocycles. The zero-order valence-corrected chi connectivity index (χ0v) is 16.7. The van der Waals surface area contributed by atoms with Gasteiger partial charge in [-0.1, -0.05) is 43.6 Å². The van der Waals surface area contributed by atoms with Gasteiger partial charge in [0.15, 0.2) is 0 Å². The SMILES string of the molecule is CC(C)(COc1c(NCc2cccnc2)cn[nH]c1=O)Cc1ccc(Cl)cc1. The van der Waals surface area contributed by atoms with Gasteiger partial charge >= 0.3 is 5.56 Å². The zero-order chi connectivity index (χ0) is 20.0. The van der Waals surface area contributed by atoms with Crippen molar-refractivity contribution >= 4 is 17.3 Å². The van der Waals surface area contributed by atoms with Crippen LogP contribution in [0.25, 0.3) is 0 Å². The zero-order valence-electron chi connectivity index (χ0n) is 15.9. The average Bonchev–Trinajstić information content (AvgIpc) is 2.68. The predicted octanol–water partition coefficient (Wildman–Crippen LogP) is 4.08. The molecule has 0 aliphatic rings. The molecule has 146 valence electrons. The minimum Gasteiger partial charge on any atom is -0.486 e. The molecule has 2 heterocycles. The Hall–Kier alpha value is -2.86. The van der Waals surface area contributed by atoms with E-state index in [0.717, 1.165) is 17.5 Å². The summed E-state index contributed by atoms with van der Waals surface area (Å²) in [5, 5.41) is 10.2. The number of nitrogens with zero attached hydrogens (tertiary/aromatic N) is 2. The van der Waals surface area contributed by atoms with Crippen LogP contribution in [0.5, 0.6) is 5.75 Å². The lowest BCUT2D eigenvalue weighted by atomic mass is 9.87. The summed E-state index contributed by atoms with van der Waals surface area (Å²) in [6.45, 7) is 5.09. The van der Waals surface area contributed by atoms with E-state index in [1.807, 2.05) is 36.4 Å². The standard InChI is InChI=1S/C21H23ClN4O2/c1-21(2,10-15-5-7-17(22)8-6-15)14-28-19-18(13-25-26-20(19)27)24-12-16-4-3-9-23-11-16/h3-9,11,13H,10,12,14H2,1-2H3,(H2,24,26,27). The molecule has 0 amide bonds. The van der Waals surface area contributed by atoms with Crippen LogP contribution in [0.15, 0.2) is 59.8 Å². The van der Waals surface area contributed by atoms with Crippen molar-refractivity contribution < 1.29 is 4.74 Å². The Bertz CT molecular complexity index is 956. The number of aromatic amines is 1. The van der Waals surface area contributed by atoms with Crippen molar-refractivity contribution in [2.24, 2.45) is 5.41 Å². The van der Waals surface area contributed by atoms with E-state index in [1.165, 1.54) is 0 Å². The number of hydrogen-bond acceptors (Lipinski definition) is 5. The second-order valence-corrected chi connectivity index (χ2v) is 7.85. The number of rotatable bonds is 8. The van der Waals surface area contributed by atoms with Crippen molar-refractivity contribution in [3.8, 4) is 5.75 Å². The fraction of sp³-hybridized carbons (Fsp3) is 0.286. The molecule has 0 fully saturated rings. The number of hydrogen-bond donors (Lipinski definition) is 2. The molecule has 0 atom stereocenters. The number of halogens is 1. The van der Waals surface area contributed by atoms with Gasteiger partial charge in [0.05, 0.1) is 12.8 Å². The van der Waals surface area contributed by atoms with Gasteiger partial charge in [-0.05, 0) is 35.7 Å².